The lowest BCUT2D eigenvalue weighted by molar-refractivity contribution is -0.117. The zero-order chi connectivity index (χ0) is 19.8. The second-order valence-corrected chi connectivity index (χ2v) is 6.30. The lowest BCUT2D eigenvalue weighted by Gasteiger charge is -2.15. The number of carbonyl (C=O) groups is 2. The van der Waals surface area contributed by atoms with E-state index >= 15 is 0 Å². The molecule has 2 rings (SSSR count). The van der Waals surface area contributed by atoms with E-state index in [2.05, 4.69) is 10.6 Å². The van der Waals surface area contributed by atoms with Crippen LogP contribution in [0.2, 0.25) is 0 Å². The molecule has 2 aromatic carbocycles. The van der Waals surface area contributed by atoms with Crippen LogP contribution in [0.1, 0.15) is 25.0 Å². The van der Waals surface area contributed by atoms with Gasteiger partial charge in [0.15, 0.2) is 11.5 Å². The molecule has 3 amide bonds. The van der Waals surface area contributed by atoms with Gasteiger partial charge < -0.3 is 25.8 Å². The van der Waals surface area contributed by atoms with Crippen molar-refractivity contribution in [3.05, 3.63) is 53.6 Å². The fraction of sp³-hybridized carbons (Fsp3) is 0.300. The summed E-state index contributed by atoms with van der Waals surface area (Å²) in [6, 6.07) is 12.2. The lowest BCUT2D eigenvalue weighted by Crippen LogP contribution is -2.28. The molecule has 4 N–H and O–H groups in total. The van der Waals surface area contributed by atoms with Crippen LogP contribution in [0, 0.1) is 0 Å². The average Bonchev–Trinajstić information content (AvgIpc) is 2.60. The fourth-order valence-corrected chi connectivity index (χ4v) is 2.49. The Morgan fingerprint density at radius 3 is 2.52 bits per heavy atom. The van der Waals surface area contributed by atoms with Crippen LogP contribution in [-0.2, 0) is 17.8 Å². The number of amides is 3. The number of hydrogen-bond acceptors (Lipinski definition) is 4. The molecule has 0 atom stereocenters. The number of hydrogen-bond donors (Lipinski definition) is 3. The number of primary amides is 1. The van der Waals surface area contributed by atoms with Crippen LogP contribution in [0.25, 0.3) is 0 Å². The van der Waals surface area contributed by atoms with Crippen LogP contribution in [-0.4, -0.2) is 25.2 Å². The van der Waals surface area contributed by atoms with Gasteiger partial charge in [0, 0.05) is 12.2 Å². The normalized spacial score (nSPS) is 10.4. The van der Waals surface area contributed by atoms with Gasteiger partial charge >= 0.3 is 6.03 Å². The SMILES string of the molecule is COc1cc(CNC(=O)Nc2cccc(CC(N)=O)c2)ccc1OC(C)C. The van der Waals surface area contributed by atoms with Crippen molar-refractivity contribution >= 4 is 17.6 Å². The summed E-state index contributed by atoms with van der Waals surface area (Å²) in [5, 5.41) is 5.51. The van der Waals surface area contributed by atoms with Gasteiger partial charge in [-0.15, -0.1) is 0 Å². The summed E-state index contributed by atoms with van der Waals surface area (Å²) >= 11 is 0. The number of rotatable bonds is 8. The van der Waals surface area contributed by atoms with Crippen molar-refractivity contribution in [1.82, 2.24) is 5.32 Å². The van der Waals surface area contributed by atoms with Crippen molar-refractivity contribution in [2.24, 2.45) is 5.73 Å². The van der Waals surface area contributed by atoms with Gasteiger partial charge in [0.1, 0.15) is 0 Å². The summed E-state index contributed by atoms with van der Waals surface area (Å²) < 4.78 is 11.0. The maximum atomic E-state index is 12.1. The largest absolute Gasteiger partial charge is 0.493 e. The molecule has 0 bridgehead atoms. The molecule has 0 saturated heterocycles. The third kappa shape index (κ3) is 6.54. The molecular weight excluding hydrogens is 346 g/mol. The molecule has 144 valence electrons. The van der Waals surface area contributed by atoms with E-state index in [0.29, 0.717) is 23.7 Å². The van der Waals surface area contributed by atoms with Crippen molar-refractivity contribution in [3.8, 4) is 11.5 Å². The topological polar surface area (TPSA) is 103 Å². The fourth-order valence-electron chi connectivity index (χ4n) is 2.49. The second-order valence-electron chi connectivity index (χ2n) is 6.30. The van der Waals surface area contributed by atoms with Gasteiger partial charge in [-0.25, -0.2) is 4.79 Å². The molecule has 0 aliphatic rings. The van der Waals surface area contributed by atoms with E-state index in [-0.39, 0.29) is 18.6 Å². The van der Waals surface area contributed by atoms with Gasteiger partial charge in [-0.2, -0.15) is 0 Å². The van der Waals surface area contributed by atoms with E-state index in [1.807, 2.05) is 32.0 Å². The summed E-state index contributed by atoms with van der Waals surface area (Å²) in [6.07, 6.45) is 0.167. The van der Waals surface area contributed by atoms with E-state index in [1.165, 1.54) is 0 Å². The van der Waals surface area contributed by atoms with Gasteiger partial charge in [0.05, 0.1) is 19.6 Å². The number of nitrogens with one attached hydrogen (secondary N) is 2. The Morgan fingerprint density at radius 2 is 1.85 bits per heavy atom. The minimum atomic E-state index is -0.421. The molecule has 7 nitrogen and oxygen atoms in total. The van der Waals surface area contributed by atoms with Gasteiger partial charge in [-0.1, -0.05) is 18.2 Å². The number of ether oxygens (including phenoxy) is 2. The van der Waals surface area contributed by atoms with Gasteiger partial charge in [0.25, 0.3) is 0 Å². The first-order valence-corrected chi connectivity index (χ1v) is 8.63. The first kappa shape index (κ1) is 20.1. The first-order valence-electron chi connectivity index (χ1n) is 8.63. The Kier molecular flexibility index (Phi) is 7.05. The molecule has 0 radical (unpaired) electrons. The van der Waals surface area contributed by atoms with Crippen LogP contribution in [0.4, 0.5) is 10.5 Å². The van der Waals surface area contributed by atoms with Crippen molar-refractivity contribution in [2.75, 3.05) is 12.4 Å². The van der Waals surface area contributed by atoms with Gasteiger partial charge in [-0.3, -0.25) is 4.79 Å². The zero-order valence-corrected chi connectivity index (χ0v) is 15.7. The molecule has 0 aliphatic heterocycles. The van der Waals surface area contributed by atoms with Crippen LogP contribution in [0.3, 0.4) is 0 Å². The lowest BCUT2D eigenvalue weighted by atomic mass is 10.1. The van der Waals surface area contributed by atoms with Crippen LogP contribution >= 0.6 is 0 Å². The molecule has 0 saturated carbocycles. The highest BCUT2D eigenvalue weighted by Gasteiger charge is 2.09. The first-order chi connectivity index (χ1) is 12.9. The Labute approximate surface area is 158 Å². The standard InChI is InChI=1S/C20H25N3O4/c1-13(2)27-17-8-7-15(10-18(17)26-3)12-22-20(25)23-16-6-4-5-14(9-16)11-19(21)24/h4-10,13H,11-12H2,1-3H3,(H2,21,24)(H2,22,23,25). The number of carbonyl (C=O) groups excluding carboxylic acids is 2. The summed E-state index contributed by atoms with van der Waals surface area (Å²) in [4.78, 5) is 23.1. The zero-order valence-electron chi connectivity index (χ0n) is 15.7. The number of benzene rings is 2. The quantitative estimate of drug-likeness (QED) is 0.664. The predicted octanol–water partition coefficient (Wildman–Crippen LogP) is 2.83. The third-order valence-electron chi connectivity index (χ3n) is 3.61. The van der Waals surface area contributed by atoms with Crippen molar-refractivity contribution in [3.63, 3.8) is 0 Å². The Hall–Kier alpha value is -3.22. The van der Waals surface area contributed by atoms with Crippen molar-refractivity contribution in [1.29, 1.82) is 0 Å². The monoisotopic (exact) mass is 371 g/mol. The molecule has 0 heterocycles. The predicted molar refractivity (Wildman–Crippen MR) is 104 cm³/mol. The minimum Gasteiger partial charge on any atom is -0.493 e. The number of methoxy groups -OCH3 is 1. The van der Waals surface area contributed by atoms with Crippen LogP contribution in [0.5, 0.6) is 11.5 Å². The molecule has 27 heavy (non-hydrogen) atoms. The van der Waals surface area contributed by atoms with Crippen molar-refractivity contribution < 1.29 is 19.1 Å². The molecule has 7 heteroatoms. The number of nitrogens with two attached hydrogens (primary N) is 1. The average molecular weight is 371 g/mol. The maximum Gasteiger partial charge on any atom is 0.319 e. The highest BCUT2D eigenvalue weighted by molar-refractivity contribution is 5.89. The molecule has 0 fully saturated rings. The molecule has 0 aromatic heterocycles. The Morgan fingerprint density at radius 1 is 1.07 bits per heavy atom. The van der Waals surface area contributed by atoms with Crippen molar-refractivity contribution in [2.45, 2.75) is 32.9 Å². The molecule has 2 aromatic rings. The number of urea groups is 1. The number of anilines is 1. The molecule has 0 unspecified atom stereocenters. The Bertz CT molecular complexity index is 806. The smallest absolute Gasteiger partial charge is 0.319 e. The van der Waals surface area contributed by atoms with Gasteiger partial charge in [-0.05, 0) is 49.2 Å². The van der Waals surface area contributed by atoms with E-state index < -0.39 is 5.91 Å². The van der Waals surface area contributed by atoms with Crippen LogP contribution < -0.4 is 25.8 Å². The summed E-state index contributed by atoms with van der Waals surface area (Å²) in [5.74, 6) is 0.852. The Balaban J connectivity index is 1.94. The molecule has 0 spiro atoms. The minimum absolute atomic E-state index is 0.0407. The van der Waals surface area contributed by atoms with E-state index in [0.717, 1.165) is 11.1 Å². The highest BCUT2D eigenvalue weighted by Crippen LogP contribution is 2.28. The molecule has 0 aliphatic carbocycles. The summed E-state index contributed by atoms with van der Waals surface area (Å²) in [7, 11) is 1.57. The van der Waals surface area contributed by atoms with E-state index in [9.17, 15) is 9.59 Å². The van der Waals surface area contributed by atoms with E-state index in [1.54, 1.807) is 31.4 Å². The highest BCUT2D eigenvalue weighted by atomic mass is 16.5. The molecular formula is C20H25N3O4. The third-order valence-corrected chi connectivity index (χ3v) is 3.61. The summed E-state index contributed by atoms with van der Waals surface area (Å²) in [5.41, 5.74) is 7.40. The maximum absolute atomic E-state index is 12.1. The second kappa shape index (κ2) is 9.47. The summed E-state index contributed by atoms with van der Waals surface area (Å²) in [6.45, 7) is 4.21. The van der Waals surface area contributed by atoms with E-state index in [4.69, 9.17) is 15.2 Å². The van der Waals surface area contributed by atoms with Crippen LogP contribution in [0.15, 0.2) is 42.5 Å². The van der Waals surface area contributed by atoms with Gasteiger partial charge in [0.2, 0.25) is 5.91 Å².